The van der Waals surface area contributed by atoms with E-state index in [9.17, 15) is 0 Å². The van der Waals surface area contributed by atoms with Crippen molar-refractivity contribution in [2.75, 3.05) is 5.73 Å². The van der Waals surface area contributed by atoms with Crippen LogP contribution >= 0.6 is 0 Å². The van der Waals surface area contributed by atoms with Gasteiger partial charge in [0.15, 0.2) is 0 Å². The van der Waals surface area contributed by atoms with Crippen LogP contribution in [0.2, 0.25) is 0 Å². The summed E-state index contributed by atoms with van der Waals surface area (Å²) < 4.78 is 5.11. The van der Waals surface area contributed by atoms with Crippen LogP contribution < -0.4 is 5.73 Å². The van der Waals surface area contributed by atoms with Crippen LogP contribution in [0.25, 0.3) is 22.4 Å². The molecule has 0 saturated carbocycles. The van der Waals surface area contributed by atoms with Crippen molar-refractivity contribution >= 4 is 5.88 Å². The van der Waals surface area contributed by atoms with E-state index in [-0.39, 0.29) is 0 Å². The predicted molar refractivity (Wildman–Crippen MR) is 68.7 cm³/mol. The maximum Gasteiger partial charge on any atom is 0.230 e. The molecule has 0 radical (unpaired) electrons. The Morgan fingerprint density at radius 3 is 2.67 bits per heavy atom. The van der Waals surface area contributed by atoms with Gasteiger partial charge in [-0.15, -0.1) is 0 Å². The minimum absolute atomic E-state index is 0.316. The van der Waals surface area contributed by atoms with Crippen molar-refractivity contribution in [3.8, 4) is 22.4 Å². The second-order valence-electron chi connectivity index (χ2n) is 4.05. The summed E-state index contributed by atoms with van der Waals surface area (Å²) in [6, 6.07) is 9.81. The number of rotatable bonds is 2. The molecule has 5 nitrogen and oxygen atoms in total. The highest BCUT2D eigenvalue weighted by molar-refractivity contribution is 5.87. The van der Waals surface area contributed by atoms with Crippen LogP contribution in [0.1, 0.15) is 5.69 Å². The molecular formula is C13H12N4O. The predicted octanol–water partition coefficient (Wildman–Crippen LogP) is 2.62. The van der Waals surface area contributed by atoms with Gasteiger partial charge in [-0.1, -0.05) is 35.5 Å². The summed E-state index contributed by atoms with van der Waals surface area (Å²) in [6.45, 7) is 1.93. The number of aromatic nitrogens is 3. The van der Waals surface area contributed by atoms with Gasteiger partial charge in [0, 0.05) is 11.3 Å². The molecule has 0 unspecified atom stereocenters. The number of H-pyrrole nitrogens is 1. The second-order valence-corrected chi connectivity index (χ2v) is 4.05. The first-order valence-electron chi connectivity index (χ1n) is 5.58. The van der Waals surface area contributed by atoms with Crippen molar-refractivity contribution in [3.63, 3.8) is 0 Å². The van der Waals surface area contributed by atoms with E-state index < -0.39 is 0 Å². The van der Waals surface area contributed by atoms with E-state index in [0.717, 1.165) is 22.4 Å². The van der Waals surface area contributed by atoms with Gasteiger partial charge in [0.05, 0.1) is 11.8 Å². The molecule has 3 rings (SSSR count). The fraction of sp³-hybridized carbons (Fsp3) is 0.0769. The summed E-state index contributed by atoms with van der Waals surface area (Å²) in [5, 5.41) is 10.9. The Labute approximate surface area is 104 Å². The van der Waals surface area contributed by atoms with E-state index in [1.54, 1.807) is 6.20 Å². The molecule has 0 saturated heterocycles. The molecule has 0 spiro atoms. The zero-order chi connectivity index (χ0) is 12.5. The maximum atomic E-state index is 5.87. The molecule has 5 heteroatoms. The Kier molecular flexibility index (Phi) is 2.37. The van der Waals surface area contributed by atoms with Gasteiger partial charge < -0.3 is 10.3 Å². The molecule has 0 aliphatic heterocycles. The van der Waals surface area contributed by atoms with E-state index >= 15 is 0 Å². The fourth-order valence-electron chi connectivity index (χ4n) is 1.96. The molecule has 2 aromatic heterocycles. The summed E-state index contributed by atoms with van der Waals surface area (Å²) in [5.74, 6) is 0.316. The van der Waals surface area contributed by atoms with Crippen LogP contribution in [0.4, 0.5) is 5.88 Å². The van der Waals surface area contributed by atoms with Crippen LogP contribution in [-0.2, 0) is 0 Å². The first-order chi connectivity index (χ1) is 8.77. The number of nitrogens with two attached hydrogens (primary N) is 1. The van der Waals surface area contributed by atoms with E-state index in [0.29, 0.717) is 11.6 Å². The number of anilines is 1. The van der Waals surface area contributed by atoms with Gasteiger partial charge in [0.25, 0.3) is 0 Å². The molecule has 0 bridgehead atoms. The summed E-state index contributed by atoms with van der Waals surface area (Å²) in [5.41, 5.74) is 10.2. The molecular weight excluding hydrogens is 228 g/mol. The monoisotopic (exact) mass is 240 g/mol. The van der Waals surface area contributed by atoms with Crippen molar-refractivity contribution in [2.45, 2.75) is 6.92 Å². The lowest BCUT2D eigenvalue weighted by Gasteiger charge is -2.01. The fourth-order valence-corrected chi connectivity index (χ4v) is 1.96. The molecule has 0 fully saturated rings. The summed E-state index contributed by atoms with van der Waals surface area (Å²) in [6.07, 6.45) is 1.72. The number of hydrogen-bond acceptors (Lipinski definition) is 4. The van der Waals surface area contributed by atoms with Crippen molar-refractivity contribution in [1.82, 2.24) is 15.4 Å². The van der Waals surface area contributed by atoms with Gasteiger partial charge in [-0.3, -0.25) is 5.10 Å². The molecule has 2 heterocycles. The minimum atomic E-state index is 0.316. The molecule has 18 heavy (non-hydrogen) atoms. The molecule has 3 aromatic rings. The van der Waals surface area contributed by atoms with Gasteiger partial charge in [0.1, 0.15) is 5.69 Å². The number of nitrogen functional groups attached to an aromatic ring is 1. The first-order valence-corrected chi connectivity index (χ1v) is 5.58. The average Bonchev–Trinajstić information content (AvgIpc) is 2.96. The Bertz CT molecular complexity index is 669. The summed E-state index contributed by atoms with van der Waals surface area (Å²) in [7, 11) is 0. The van der Waals surface area contributed by atoms with Crippen molar-refractivity contribution in [3.05, 3.63) is 42.2 Å². The molecule has 3 N–H and O–H groups in total. The minimum Gasteiger partial charge on any atom is -0.367 e. The van der Waals surface area contributed by atoms with Gasteiger partial charge in [-0.05, 0) is 12.5 Å². The first kappa shape index (κ1) is 10.6. The van der Waals surface area contributed by atoms with Gasteiger partial charge in [-0.2, -0.15) is 5.10 Å². The third-order valence-electron chi connectivity index (χ3n) is 2.87. The maximum absolute atomic E-state index is 5.87. The highest BCUT2D eigenvalue weighted by atomic mass is 16.5. The number of benzene rings is 1. The van der Waals surface area contributed by atoms with E-state index in [2.05, 4.69) is 15.4 Å². The SMILES string of the molecule is Cc1[nH]ncc1-c1noc(N)c1-c1ccccc1. The van der Waals surface area contributed by atoms with Crippen molar-refractivity contribution < 1.29 is 4.52 Å². The van der Waals surface area contributed by atoms with Crippen LogP contribution in [-0.4, -0.2) is 15.4 Å². The molecule has 1 aromatic carbocycles. The number of nitrogens with zero attached hydrogens (tertiary/aromatic N) is 2. The van der Waals surface area contributed by atoms with E-state index in [1.807, 2.05) is 37.3 Å². The third kappa shape index (κ3) is 1.57. The zero-order valence-corrected chi connectivity index (χ0v) is 9.84. The van der Waals surface area contributed by atoms with Crippen LogP contribution in [0, 0.1) is 6.92 Å². The lowest BCUT2D eigenvalue weighted by atomic mass is 10.0. The average molecular weight is 240 g/mol. The van der Waals surface area contributed by atoms with E-state index in [1.165, 1.54) is 0 Å². The number of nitrogens with one attached hydrogen (secondary N) is 1. The van der Waals surface area contributed by atoms with Gasteiger partial charge >= 0.3 is 0 Å². The standard InChI is InChI=1S/C13H12N4O/c1-8-10(7-15-16-8)12-11(13(14)18-17-12)9-5-3-2-4-6-9/h2-7H,14H2,1H3,(H,15,16). The summed E-state index contributed by atoms with van der Waals surface area (Å²) in [4.78, 5) is 0. The summed E-state index contributed by atoms with van der Waals surface area (Å²) >= 11 is 0. The second kappa shape index (κ2) is 4.03. The lowest BCUT2D eigenvalue weighted by Crippen LogP contribution is -1.87. The Morgan fingerprint density at radius 1 is 1.22 bits per heavy atom. The van der Waals surface area contributed by atoms with Crippen LogP contribution in [0.3, 0.4) is 0 Å². The molecule has 0 atom stereocenters. The highest BCUT2D eigenvalue weighted by Crippen LogP contribution is 2.36. The smallest absolute Gasteiger partial charge is 0.230 e. The van der Waals surface area contributed by atoms with Crippen molar-refractivity contribution in [2.24, 2.45) is 0 Å². The quantitative estimate of drug-likeness (QED) is 0.721. The van der Waals surface area contributed by atoms with Crippen LogP contribution in [0.5, 0.6) is 0 Å². The van der Waals surface area contributed by atoms with Gasteiger partial charge in [-0.25, -0.2) is 0 Å². The Morgan fingerprint density at radius 2 is 2.00 bits per heavy atom. The Balaban J connectivity index is 2.22. The third-order valence-corrected chi connectivity index (χ3v) is 2.87. The molecule has 0 amide bonds. The topological polar surface area (TPSA) is 80.7 Å². The van der Waals surface area contributed by atoms with Crippen molar-refractivity contribution in [1.29, 1.82) is 0 Å². The Hall–Kier alpha value is -2.56. The van der Waals surface area contributed by atoms with E-state index in [4.69, 9.17) is 10.3 Å². The lowest BCUT2D eigenvalue weighted by molar-refractivity contribution is 0.439. The highest BCUT2D eigenvalue weighted by Gasteiger charge is 2.19. The number of aromatic amines is 1. The molecule has 90 valence electrons. The molecule has 0 aliphatic carbocycles. The van der Waals surface area contributed by atoms with Crippen LogP contribution in [0.15, 0.2) is 41.1 Å². The zero-order valence-electron chi connectivity index (χ0n) is 9.84. The molecule has 0 aliphatic rings. The largest absolute Gasteiger partial charge is 0.367 e. The number of hydrogen-bond donors (Lipinski definition) is 2. The van der Waals surface area contributed by atoms with Gasteiger partial charge in [0.2, 0.25) is 5.88 Å². The normalized spacial score (nSPS) is 10.7. The number of aryl methyl sites for hydroxylation is 1.